The first-order valence-electron chi connectivity index (χ1n) is 4.20. The van der Waals surface area contributed by atoms with Gasteiger partial charge in [0.05, 0.1) is 5.54 Å². The van der Waals surface area contributed by atoms with E-state index in [2.05, 4.69) is 5.32 Å². The Bertz CT molecular complexity index is 191. The fourth-order valence-electron chi connectivity index (χ4n) is 0.846. The summed E-state index contributed by atoms with van der Waals surface area (Å²) >= 11 is 0. The Labute approximate surface area is 72.7 Å². The molecule has 4 nitrogen and oxygen atoms in total. The maximum Gasteiger partial charge on any atom is 0.240 e. The molecule has 70 valence electrons. The fraction of sp³-hybridized carbons (Fsp3) is 0.875. The van der Waals surface area contributed by atoms with E-state index < -0.39 is 5.54 Å². The maximum atomic E-state index is 11.3. The minimum atomic E-state index is -0.578. The van der Waals surface area contributed by atoms with Crippen molar-refractivity contribution in [3.8, 4) is 0 Å². The highest BCUT2D eigenvalue weighted by Gasteiger charge is 2.45. The number of carbonyl (C=O) groups excluding carboxylic acids is 1. The van der Waals surface area contributed by atoms with Crippen molar-refractivity contribution < 1.29 is 4.79 Å². The lowest BCUT2D eigenvalue weighted by molar-refractivity contribution is -0.123. The number of hydrogen-bond acceptors (Lipinski definition) is 3. The Morgan fingerprint density at radius 3 is 2.42 bits per heavy atom. The summed E-state index contributed by atoms with van der Waals surface area (Å²) in [5.74, 6) is -0.0685. The van der Waals surface area contributed by atoms with Gasteiger partial charge < -0.3 is 16.8 Å². The van der Waals surface area contributed by atoms with Gasteiger partial charge in [0.1, 0.15) is 0 Å². The Balaban J connectivity index is 2.29. The number of nitrogens with one attached hydrogen (secondary N) is 1. The number of amides is 1. The first-order valence-corrected chi connectivity index (χ1v) is 4.20. The Morgan fingerprint density at radius 2 is 2.08 bits per heavy atom. The molecule has 0 unspecified atom stereocenters. The van der Waals surface area contributed by atoms with Crippen LogP contribution in [0.5, 0.6) is 0 Å². The van der Waals surface area contributed by atoms with Gasteiger partial charge in [-0.1, -0.05) is 0 Å². The van der Waals surface area contributed by atoms with Gasteiger partial charge in [-0.3, -0.25) is 4.79 Å². The molecular formula is C8H17N3O. The van der Waals surface area contributed by atoms with Crippen molar-refractivity contribution in [3.63, 3.8) is 0 Å². The monoisotopic (exact) mass is 171 g/mol. The zero-order chi connectivity index (χ0) is 9.41. The summed E-state index contributed by atoms with van der Waals surface area (Å²) in [6.07, 6.45) is 1.59. The van der Waals surface area contributed by atoms with Crippen LogP contribution in [0.4, 0.5) is 0 Å². The minimum absolute atomic E-state index is 0.0685. The molecule has 0 heterocycles. The molecule has 0 aromatic carbocycles. The molecule has 1 rings (SSSR count). The Hall–Kier alpha value is -0.610. The highest BCUT2D eigenvalue weighted by atomic mass is 16.2. The molecule has 5 N–H and O–H groups in total. The molecule has 1 aliphatic rings. The number of hydrogen-bond donors (Lipinski definition) is 3. The second-order valence-corrected chi connectivity index (χ2v) is 4.33. The molecule has 0 aromatic rings. The van der Waals surface area contributed by atoms with Crippen LogP contribution in [0.1, 0.15) is 26.7 Å². The van der Waals surface area contributed by atoms with E-state index in [0.29, 0.717) is 6.54 Å². The van der Waals surface area contributed by atoms with Gasteiger partial charge in [-0.15, -0.1) is 0 Å². The van der Waals surface area contributed by atoms with E-state index in [0.717, 1.165) is 12.8 Å². The Kier molecular flexibility index (Phi) is 2.14. The molecule has 0 atom stereocenters. The summed E-state index contributed by atoms with van der Waals surface area (Å²) in [6.45, 7) is 4.21. The molecular weight excluding hydrogens is 154 g/mol. The molecule has 1 saturated carbocycles. The SMILES string of the molecule is CC(C)(N)CNC(=O)C1(N)CC1. The molecule has 12 heavy (non-hydrogen) atoms. The largest absolute Gasteiger partial charge is 0.353 e. The molecule has 0 spiro atoms. The van der Waals surface area contributed by atoms with Gasteiger partial charge in [0, 0.05) is 12.1 Å². The van der Waals surface area contributed by atoms with E-state index in [1.54, 1.807) is 0 Å². The lowest BCUT2D eigenvalue weighted by atomic mass is 10.1. The van der Waals surface area contributed by atoms with Crippen LogP contribution in [0.3, 0.4) is 0 Å². The van der Waals surface area contributed by atoms with Gasteiger partial charge in [0.2, 0.25) is 5.91 Å². The quantitative estimate of drug-likeness (QED) is 0.527. The van der Waals surface area contributed by atoms with E-state index in [1.807, 2.05) is 13.8 Å². The molecule has 1 amide bonds. The molecule has 1 fully saturated rings. The number of nitrogens with two attached hydrogens (primary N) is 2. The second-order valence-electron chi connectivity index (χ2n) is 4.33. The fourth-order valence-corrected chi connectivity index (χ4v) is 0.846. The third kappa shape index (κ3) is 2.46. The van der Waals surface area contributed by atoms with Gasteiger partial charge in [-0.05, 0) is 26.7 Å². The smallest absolute Gasteiger partial charge is 0.240 e. The predicted molar refractivity (Wildman–Crippen MR) is 47.4 cm³/mol. The van der Waals surface area contributed by atoms with Crippen molar-refractivity contribution in [1.82, 2.24) is 5.32 Å². The molecule has 0 bridgehead atoms. The van der Waals surface area contributed by atoms with Crippen molar-refractivity contribution in [2.45, 2.75) is 37.8 Å². The van der Waals surface area contributed by atoms with Crippen molar-refractivity contribution in [1.29, 1.82) is 0 Å². The lowest BCUT2D eigenvalue weighted by Gasteiger charge is -2.20. The topological polar surface area (TPSA) is 81.1 Å². The zero-order valence-electron chi connectivity index (χ0n) is 7.68. The molecule has 0 saturated heterocycles. The maximum absolute atomic E-state index is 11.3. The van der Waals surface area contributed by atoms with Crippen LogP contribution in [0.25, 0.3) is 0 Å². The highest BCUT2D eigenvalue weighted by molar-refractivity contribution is 5.88. The van der Waals surface area contributed by atoms with Crippen molar-refractivity contribution >= 4 is 5.91 Å². The summed E-state index contributed by atoms with van der Waals surface area (Å²) in [7, 11) is 0. The van der Waals surface area contributed by atoms with Gasteiger partial charge in [0.15, 0.2) is 0 Å². The first kappa shape index (κ1) is 9.48. The van der Waals surface area contributed by atoms with Gasteiger partial charge in [-0.25, -0.2) is 0 Å². The van der Waals surface area contributed by atoms with Crippen LogP contribution in [-0.4, -0.2) is 23.5 Å². The van der Waals surface area contributed by atoms with E-state index in [1.165, 1.54) is 0 Å². The van der Waals surface area contributed by atoms with Crippen LogP contribution in [0.15, 0.2) is 0 Å². The normalized spacial score (nSPS) is 20.3. The van der Waals surface area contributed by atoms with E-state index in [-0.39, 0.29) is 11.4 Å². The average molecular weight is 171 g/mol. The average Bonchev–Trinajstić information content (AvgIpc) is 2.62. The predicted octanol–water partition coefficient (Wildman–Crippen LogP) is -0.669. The molecule has 0 aliphatic heterocycles. The highest BCUT2D eigenvalue weighted by Crippen LogP contribution is 2.32. The minimum Gasteiger partial charge on any atom is -0.353 e. The van der Waals surface area contributed by atoms with Crippen molar-refractivity contribution in [2.24, 2.45) is 11.5 Å². The number of rotatable bonds is 3. The third-order valence-electron chi connectivity index (χ3n) is 1.95. The van der Waals surface area contributed by atoms with E-state index >= 15 is 0 Å². The molecule has 0 radical (unpaired) electrons. The van der Waals surface area contributed by atoms with Crippen LogP contribution in [-0.2, 0) is 4.79 Å². The zero-order valence-corrected chi connectivity index (χ0v) is 7.68. The van der Waals surface area contributed by atoms with Crippen LogP contribution >= 0.6 is 0 Å². The Morgan fingerprint density at radius 1 is 1.58 bits per heavy atom. The standard InChI is InChI=1S/C8H17N3O/c1-7(2,9)5-11-6(12)8(10)3-4-8/h3-5,9-10H2,1-2H3,(H,11,12). The van der Waals surface area contributed by atoms with Gasteiger partial charge in [0.25, 0.3) is 0 Å². The van der Waals surface area contributed by atoms with Crippen LogP contribution in [0, 0.1) is 0 Å². The molecule has 0 aromatic heterocycles. The second kappa shape index (κ2) is 2.71. The summed E-state index contributed by atoms with van der Waals surface area (Å²) < 4.78 is 0. The van der Waals surface area contributed by atoms with E-state index in [9.17, 15) is 4.79 Å². The summed E-state index contributed by atoms with van der Waals surface area (Å²) in [5.41, 5.74) is 10.4. The van der Waals surface area contributed by atoms with E-state index in [4.69, 9.17) is 11.5 Å². The molecule has 4 heteroatoms. The van der Waals surface area contributed by atoms with Crippen LogP contribution < -0.4 is 16.8 Å². The third-order valence-corrected chi connectivity index (χ3v) is 1.95. The van der Waals surface area contributed by atoms with Crippen molar-refractivity contribution in [2.75, 3.05) is 6.54 Å². The van der Waals surface area contributed by atoms with Crippen molar-refractivity contribution in [3.05, 3.63) is 0 Å². The summed E-state index contributed by atoms with van der Waals surface area (Å²) in [5, 5.41) is 2.74. The van der Waals surface area contributed by atoms with Gasteiger partial charge >= 0.3 is 0 Å². The molecule has 1 aliphatic carbocycles. The number of carbonyl (C=O) groups is 1. The van der Waals surface area contributed by atoms with Crippen LogP contribution in [0.2, 0.25) is 0 Å². The van der Waals surface area contributed by atoms with Gasteiger partial charge in [-0.2, -0.15) is 0 Å². The summed E-state index contributed by atoms with van der Waals surface area (Å²) in [6, 6.07) is 0. The first-order chi connectivity index (χ1) is 5.33. The lowest BCUT2D eigenvalue weighted by Crippen LogP contribution is -2.50. The summed E-state index contributed by atoms with van der Waals surface area (Å²) in [4.78, 5) is 11.3.